The van der Waals surface area contributed by atoms with Crippen molar-refractivity contribution in [2.75, 3.05) is 13.1 Å². The minimum Gasteiger partial charge on any atom is -0.356 e. The fraction of sp³-hybridized carbons (Fsp3) is 0.842. The topological polar surface area (TPSA) is 66.5 Å². The van der Waals surface area contributed by atoms with Gasteiger partial charge in [0.15, 0.2) is 0 Å². The van der Waals surface area contributed by atoms with Crippen molar-refractivity contribution in [1.82, 2.24) is 10.2 Å². The summed E-state index contributed by atoms with van der Waals surface area (Å²) < 4.78 is 0. The maximum Gasteiger partial charge on any atom is 0.229 e. The summed E-state index contributed by atoms with van der Waals surface area (Å²) in [6.07, 6.45) is 10.4. The Bertz CT molecular complexity index is 506. The van der Waals surface area contributed by atoms with E-state index in [1.807, 2.05) is 0 Å². The zero-order chi connectivity index (χ0) is 16.7. The van der Waals surface area contributed by atoms with Crippen LogP contribution in [-0.4, -0.2) is 35.7 Å². The second-order valence-electron chi connectivity index (χ2n) is 8.71. The van der Waals surface area contributed by atoms with Crippen LogP contribution in [-0.2, 0) is 14.4 Å². The van der Waals surface area contributed by atoms with E-state index < -0.39 is 0 Å². The summed E-state index contributed by atoms with van der Waals surface area (Å²) in [6.45, 7) is 0.980. The SMILES string of the molecule is O=C(CCN1C(=O)CCC1=O)NCCC12CC3CC(CC(C3)C1)C2. The second-order valence-corrected chi connectivity index (χ2v) is 8.71. The zero-order valence-corrected chi connectivity index (χ0v) is 14.4. The predicted molar refractivity (Wildman–Crippen MR) is 88.8 cm³/mol. The molecule has 5 fully saturated rings. The van der Waals surface area contributed by atoms with Crippen LogP contribution < -0.4 is 5.32 Å². The van der Waals surface area contributed by atoms with Crippen molar-refractivity contribution >= 4 is 17.7 Å². The van der Waals surface area contributed by atoms with Crippen LogP contribution in [0.1, 0.15) is 64.2 Å². The summed E-state index contributed by atoms with van der Waals surface area (Å²) in [5.41, 5.74) is 0.489. The van der Waals surface area contributed by atoms with Crippen LogP contribution in [0.3, 0.4) is 0 Å². The average Bonchev–Trinajstić information content (AvgIpc) is 2.82. The van der Waals surface area contributed by atoms with Crippen molar-refractivity contribution in [2.45, 2.75) is 64.2 Å². The molecule has 4 saturated carbocycles. The lowest BCUT2D eigenvalue weighted by molar-refractivity contribution is -0.138. The summed E-state index contributed by atoms with van der Waals surface area (Å²) in [7, 11) is 0. The van der Waals surface area contributed by atoms with E-state index in [-0.39, 0.29) is 30.7 Å². The van der Waals surface area contributed by atoms with Crippen molar-refractivity contribution in [1.29, 1.82) is 0 Å². The number of hydrogen-bond donors (Lipinski definition) is 1. The molecular weight excluding hydrogens is 304 g/mol. The Morgan fingerprint density at radius 3 is 2.08 bits per heavy atom. The lowest BCUT2D eigenvalue weighted by Gasteiger charge is -2.57. The van der Waals surface area contributed by atoms with E-state index >= 15 is 0 Å². The molecule has 4 bridgehead atoms. The molecule has 1 aliphatic heterocycles. The highest BCUT2D eigenvalue weighted by Gasteiger charge is 2.50. The fourth-order valence-electron chi connectivity index (χ4n) is 6.24. The second kappa shape index (κ2) is 6.16. The van der Waals surface area contributed by atoms with Gasteiger partial charge in [0.25, 0.3) is 0 Å². The molecule has 4 aliphatic carbocycles. The zero-order valence-electron chi connectivity index (χ0n) is 14.4. The number of amides is 3. The van der Waals surface area contributed by atoms with Gasteiger partial charge in [0.05, 0.1) is 0 Å². The van der Waals surface area contributed by atoms with Gasteiger partial charge >= 0.3 is 0 Å². The molecule has 5 nitrogen and oxygen atoms in total. The maximum atomic E-state index is 12.0. The van der Waals surface area contributed by atoms with Gasteiger partial charge in [-0.05, 0) is 68.1 Å². The molecule has 0 atom stereocenters. The van der Waals surface area contributed by atoms with E-state index in [1.54, 1.807) is 0 Å². The van der Waals surface area contributed by atoms with Crippen LogP contribution in [0.4, 0.5) is 0 Å². The first kappa shape index (κ1) is 16.1. The van der Waals surface area contributed by atoms with Crippen molar-refractivity contribution in [3.63, 3.8) is 0 Å². The molecule has 5 rings (SSSR count). The summed E-state index contributed by atoms with van der Waals surface area (Å²) in [5, 5.41) is 3.02. The van der Waals surface area contributed by atoms with Crippen molar-refractivity contribution in [2.24, 2.45) is 23.2 Å². The number of carbonyl (C=O) groups is 3. The van der Waals surface area contributed by atoms with Crippen molar-refractivity contribution < 1.29 is 14.4 Å². The summed E-state index contributed by atoms with van der Waals surface area (Å²) in [5.74, 6) is 2.52. The van der Waals surface area contributed by atoms with Gasteiger partial charge in [-0.3, -0.25) is 19.3 Å². The minimum atomic E-state index is -0.138. The van der Waals surface area contributed by atoms with Crippen LogP contribution in [0.15, 0.2) is 0 Å². The predicted octanol–water partition coefficient (Wildman–Crippen LogP) is 2.25. The third kappa shape index (κ3) is 3.09. The monoisotopic (exact) mass is 332 g/mol. The minimum absolute atomic E-state index is 0.0350. The first-order chi connectivity index (χ1) is 11.5. The molecule has 0 aromatic carbocycles. The van der Waals surface area contributed by atoms with E-state index in [0.717, 1.165) is 30.7 Å². The molecule has 0 radical (unpaired) electrons. The molecule has 1 saturated heterocycles. The first-order valence-electron chi connectivity index (χ1n) is 9.63. The Hall–Kier alpha value is -1.39. The lowest BCUT2D eigenvalue weighted by atomic mass is 9.49. The molecule has 5 aliphatic rings. The molecule has 24 heavy (non-hydrogen) atoms. The number of rotatable bonds is 6. The largest absolute Gasteiger partial charge is 0.356 e. The van der Waals surface area contributed by atoms with Crippen LogP contribution in [0.25, 0.3) is 0 Å². The Morgan fingerprint density at radius 1 is 1.00 bits per heavy atom. The maximum absolute atomic E-state index is 12.0. The molecule has 0 spiro atoms. The number of nitrogens with zero attached hydrogens (tertiary/aromatic N) is 1. The molecule has 0 unspecified atom stereocenters. The van der Waals surface area contributed by atoms with Gasteiger partial charge in [0.1, 0.15) is 0 Å². The van der Waals surface area contributed by atoms with Gasteiger partial charge in [0.2, 0.25) is 17.7 Å². The van der Waals surface area contributed by atoms with Gasteiger partial charge in [-0.2, -0.15) is 0 Å². The highest BCUT2D eigenvalue weighted by atomic mass is 16.2. The first-order valence-corrected chi connectivity index (χ1v) is 9.63. The number of imide groups is 1. The number of hydrogen-bond acceptors (Lipinski definition) is 3. The molecule has 132 valence electrons. The third-order valence-corrected chi connectivity index (χ3v) is 6.86. The van der Waals surface area contributed by atoms with Crippen LogP contribution in [0.2, 0.25) is 0 Å². The van der Waals surface area contributed by atoms with Crippen LogP contribution in [0, 0.1) is 23.2 Å². The molecule has 1 N–H and O–H groups in total. The fourth-order valence-corrected chi connectivity index (χ4v) is 6.24. The van der Waals surface area contributed by atoms with Crippen LogP contribution >= 0.6 is 0 Å². The van der Waals surface area contributed by atoms with E-state index in [2.05, 4.69) is 5.32 Å². The van der Waals surface area contributed by atoms with Crippen molar-refractivity contribution in [3.8, 4) is 0 Å². The molecular formula is C19H28N2O3. The summed E-state index contributed by atoms with van der Waals surface area (Å²) in [4.78, 5) is 36.4. The molecule has 0 aromatic rings. The third-order valence-electron chi connectivity index (χ3n) is 6.86. The van der Waals surface area contributed by atoms with Gasteiger partial charge < -0.3 is 5.32 Å². The number of nitrogens with one attached hydrogen (secondary N) is 1. The van der Waals surface area contributed by atoms with E-state index in [0.29, 0.717) is 18.3 Å². The molecule has 5 heteroatoms. The van der Waals surface area contributed by atoms with Gasteiger partial charge in [-0.1, -0.05) is 0 Å². The lowest BCUT2D eigenvalue weighted by Crippen LogP contribution is -2.47. The summed E-state index contributed by atoms with van der Waals surface area (Å²) >= 11 is 0. The Balaban J connectivity index is 1.21. The summed E-state index contributed by atoms with van der Waals surface area (Å²) in [6, 6.07) is 0. The smallest absolute Gasteiger partial charge is 0.229 e. The van der Waals surface area contributed by atoms with E-state index in [9.17, 15) is 14.4 Å². The Morgan fingerprint density at radius 2 is 1.54 bits per heavy atom. The average molecular weight is 332 g/mol. The van der Waals surface area contributed by atoms with Crippen molar-refractivity contribution in [3.05, 3.63) is 0 Å². The molecule has 3 amide bonds. The Labute approximate surface area is 143 Å². The van der Waals surface area contributed by atoms with E-state index in [1.165, 1.54) is 43.4 Å². The van der Waals surface area contributed by atoms with Gasteiger partial charge in [-0.25, -0.2) is 0 Å². The highest BCUT2D eigenvalue weighted by molar-refractivity contribution is 6.02. The number of likely N-dealkylation sites (tertiary alicyclic amines) is 1. The molecule has 1 heterocycles. The molecule has 0 aromatic heterocycles. The normalized spacial score (nSPS) is 37.3. The van der Waals surface area contributed by atoms with Crippen LogP contribution in [0.5, 0.6) is 0 Å². The van der Waals surface area contributed by atoms with Gasteiger partial charge in [0, 0.05) is 32.4 Å². The number of carbonyl (C=O) groups excluding carboxylic acids is 3. The standard InChI is InChI=1S/C19H28N2O3/c22-16(3-6-21-17(23)1-2-18(21)24)20-5-4-19-10-13-7-14(11-19)9-15(8-13)12-19/h13-15H,1-12H2,(H,20,22). The Kier molecular flexibility index (Phi) is 4.13. The quantitative estimate of drug-likeness (QED) is 0.759. The van der Waals surface area contributed by atoms with Gasteiger partial charge in [-0.15, -0.1) is 0 Å². The van der Waals surface area contributed by atoms with E-state index in [4.69, 9.17) is 0 Å². The highest BCUT2D eigenvalue weighted by Crippen LogP contribution is 2.61.